The van der Waals surface area contributed by atoms with E-state index in [1.165, 1.54) is 6.07 Å². The Kier molecular flexibility index (Phi) is 6.37. The molecule has 3 aromatic rings. The van der Waals surface area contributed by atoms with Crippen LogP contribution in [-0.4, -0.2) is 24.4 Å². The first kappa shape index (κ1) is 19.8. The molecule has 0 spiro atoms. The number of amides is 2. The average molecular weight is 388 g/mol. The normalized spacial score (nSPS) is 10.1. The van der Waals surface area contributed by atoms with Gasteiger partial charge in [0.1, 0.15) is 0 Å². The van der Waals surface area contributed by atoms with Crippen LogP contribution in [-0.2, 0) is 4.74 Å². The summed E-state index contributed by atoms with van der Waals surface area (Å²) < 4.78 is 4.93. The first-order valence-corrected chi connectivity index (χ1v) is 9.12. The lowest BCUT2D eigenvalue weighted by Crippen LogP contribution is -2.15. The van der Waals surface area contributed by atoms with Crippen LogP contribution in [0.1, 0.15) is 38.0 Å². The van der Waals surface area contributed by atoms with Gasteiger partial charge in [-0.2, -0.15) is 0 Å². The van der Waals surface area contributed by atoms with Crippen LogP contribution in [0.2, 0.25) is 0 Å². The topological polar surface area (TPSA) is 84.5 Å². The monoisotopic (exact) mass is 388 g/mol. The van der Waals surface area contributed by atoms with E-state index in [9.17, 15) is 14.4 Å². The number of ether oxygens (including phenoxy) is 1. The summed E-state index contributed by atoms with van der Waals surface area (Å²) in [4.78, 5) is 36.6. The number of para-hydroxylation sites is 1. The number of hydrogen-bond acceptors (Lipinski definition) is 4. The van der Waals surface area contributed by atoms with Crippen LogP contribution < -0.4 is 10.6 Å². The molecule has 2 amide bonds. The Hall–Kier alpha value is -3.93. The SMILES string of the molecule is CCOC(=O)c1ccc(NC(=O)c2cccc(C(=O)Nc3ccccc3)c2)cc1. The van der Waals surface area contributed by atoms with Gasteiger partial charge in [0.2, 0.25) is 0 Å². The molecule has 2 N–H and O–H groups in total. The Morgan fingerprint density at radius 3 is 1.79 bits per heavy atom. The number of esters is 1. The van der Waals surface area contributed by atoms with Crippen LogP contribution in [0.5, 0.6) is 0 Å². The first-order valence-electron chi connectivity index (χ1n) is 9.12. The number of hydrogen-bond donors (Lipinski definition) is 2. The van der Waals surface area contributed by atoms with Crippen LogP contribution in [0, 0.1) is 0 Å². The largest absolute Gasteiger partial charge is 0.462 e. The zero-order valence-corrected chi connectivity index (χ0v) is 15.8. The van der Waals surface area contributed by atoms with Gasteiger partial charge >= 0.3 is 5.97 Å². The van der Waals surface area contributed by atoms with Crippen molar-refractivity contribution in [3.05, 3.63) is 95.6 Å². The lowest BCUT2D eigenvalue weighted by Gasteiger charge is -2.09. The molecular weight excluding hydrogens is 368 g/mol. The molecule has 0 saturated carbocycles. The molecule has 0 bridgehead atoms. The van der Waals surface area contributed by atoms with Crippen molar-refractivity contribution in [2.24, 2.45) is 0 Å². The van der Waals surface area contributed by atoms with Gasteiger partial charge in [0.15, 0.2) is 0 Å². The second kappa shape index (κ2) is 9.32. The molecule has 29 heavy (non-hydrogen) atoms. The van der Waals surface area contributed by atoms with Crippen molar-refractivity contribution in [1.82, 2.24) is 0 Å². The molecule has 0 aliphatic carbocycles. The van der Waals surface area contributed by atoms with Crippen molar-refractivity contribution >= 4 is 29.2 Å². The molecule has 146 valence electrons. The molecule has 3 rings (SSSR count). The molecule has 3 aromatic carbocycles. The predicted molar refractivity (Wildman–Crippen MR) is 111 cm³/mol. The zero-order valence-electron chi connectivity index (χ0n) is 15.8. The van der Waals surface area contributed by atoms with Crippen LogP contribution in [0.15, 0.2) is 78.9 Å². The summed E-state index contributed by atoms with van der Waals surface area (Å²) in [6, 6.07) is 21.9. The summed E-state index contributed by atoms with van der Waals surface area (Å²) in [5, 5.41) is 5.54. The van der Waals surface area contributed by atoms with Crippen molar-refractivity contribution in [2.75, 3.05) is 17.2 Å². The second-order valence-corrected chi connectivity index (χ2v) is 6.15. The van der Waals surface area contributed by atoms with Crippen LogP contribution in [0.4, 0.5) is 11.4 Å². The molecule has 0 aliphatic heterocycles. The van der Waals surface area contributed by atoms with Crippen molar-refractivity contribution in [3.8, 4) is 0 Å². The summed E-state index contributed by atoms with van der Waals surface area (Å²) in [6.07, 6.45) is 0. The molecule has 0 unspecified atom stereocenters. The molecular formula is C23H20N2O4. The van der Waals surface area contributed by atoms with Gasteiger partial charge in [0.25, 0.3) is 11.8 Å². The summed E-state index contributed by atoms with van der Waals surface area (Å²) in [6.45, 7) is 2.03. The van der Waals surface area contributed by atoms with Gasteiger partial charge in [-0.3, -0.25) is 9.59 Å². The predicted octanol–water partition coefficient (Wildman–Crippen LogP) is 4.37. The van der Waals surface area contributed by atoms with Crippen molar-refractivity contribution < 1.29 is 19.1 Å². The minimum absolute atomic E-state index is 0.297. The molecule has 0 atom stereocenters. The second-order valence-electron chi connectivity index (χ2n) is 6.15. The minimum atomic E-state index is -0.414. The van der Waals surface area contributed by atoms with E-state index < -0.39 is 5.97 Å². The number of carbonyl (C=O) groups is 3. The quantitative estimate of drug-likeness (QED) is 0.614. The van der Waals surface area contributed by atoms with E-state index in [2.05, 4.69) is 10.6 Å². The molecule has 0 aromatic heterocycles. The Morgan fingerprint density at radius 1 is 0.690 bits per heavy atom. The molecule has 0 aliphatic rings. The van der Waals surface area contributed by atoms with E-state index in [4.69, 9.17) is 4.74 Å². The van der Waals surface area contributed by atoms with E-state index in [0.29, 0.717) is 34.7 Å². The Labute approximate surface area is 168 Å². The van der Waals surface area contributed by atoms with Crippen molar-refractivity contribution in [1.29, 1.82) is 0 Å². The van der Waals surface area contributed by atoms with Crippen LogP contribution >= 0.6 is 0 Å². The fourth-order valence-electron chi connectivity index (χ4n) is 2.63. The summed E-state index contributed by atoms with van der Waals surface area (Å²) in [5.41, 5.74) is 2.33. The number of carbonyl (C=O) groups excluding carboxylic acids is 3. The summed E-state index contributed by atoms with van der Waals surface area (Å²) >= 11 is 0. The van der Waals surface area contributed by atoms with E-state index >= 15 is 0 Å². The number of rotatable bonds is 6. The Morgan fingerprint density at radius 2 is 1.24 bits per heavy atom. The van der Waals surface area contributed by atoms with Gasteiger partial charge in [-0.1, -0.05) is 24.3 Å². The molecule has 0 saturated heterocycles. The highest BCUT2D eigenvalue weighted by atomic mass is 16.5. The number of anilines is 2. The summed E-state index contributed by atoms with van der Waals surface area (Å²) in [5.74, 6) is -1.07. The van der Waals surface area contributed by atoms with E-state index in [1.54, 1.807) is 61.5 Å². The van der Waals surface area contributed by atoms with Crippen molar-refractivity contribution in [2.45, 2.75) is 6.92 Å². The van der Waals surface area contributed by atoms with Gasteiger partial charge in [-0.05, 0) is 61.5 Å². The maximum absolute atomic E-state index is 12.5. The maximum atomic E-state index is 12.5. The van der Waals surface area contributed by atoms with Crippen LogP contribution in [0.25, 0.3) is 0 Å². The van der Waals surface area contributed by atoms with Crippen LogP contribution in [0.3, 0.4) is 0 Å². The third kappa shape index (κ3) is 5.29. The van der Waals surface area contributed by atoms with Crippen molar-refractivity contribution in [3.63, 3.8) is 0 Å². The third-order valence-corrected chi connectivity index (χ3v) is 4.07. The minimum Gasteiger partial charge on any atom is -0.462 e. The number of benzene rings is 3. The fourth-order valence-corrected chi connectivity index (χ4v) is 2.63. The lowest BCUT2D eigenvalue weighted by atomic mass is 10.1. The number of nitrogens with one attached hydrogen (secondary N) is 2. The first-order chi connectivity index (χ1) is 14.1. The van der Waals surface area contributed by atoms with E-state index in [-0.39, 0.29) is 11.8 Å². The molecule has 6 heteroatoms. The molecule has 0 heterocycles. The highest BCUT2D eigenvalue weighted by Gasteiger charge is 2.12. The molecule has 0 fully saturated rings. The molecule has 6 nitrogen and oxygen atoms in total. The van der Waals surface area contributed by atoms with E-state index in [1.807, 2.05) is 18.2 Å². The smallest absolute Gasteiger partial charge is 0.338 e. The Balaban J connectivity index is 1.67. The lowest BCUT2D eigenvalue weighted by molar-refractivity contribution is 0.0526. The average Bonchev–Trinajstić information content (AvgIpc) is 2.75. The highest BCUT2D eigenvalue weighted by molar-refractivity contribution is 6.08. The van der Waals surface area contributed by atoms with Gasteiger partial charge in [-0.25, -0.2) is 4.79 Å². The standard InChI is InChI=1S/C23H20N2O4/c1-2-29-23(28)16-11-13-20(14-12-16)25-22(27)18-8-6-7-17(15-18)21(26)24-19-9-4-3-5-10-19/h3-15H,2H2,1H3,(H,24,26)(H,25,27). The van der Waals surface area contributed by atoms with Gasteiger partial charge in [0, 0.05) is 22.5 Å². The summed E-state index contributed by atoms with van der Waals surface area (Å²) in [7, 11) is 0. The van der Waals surface area contributed by atoms with Gasteiger partial charge in [-0.15, -0.1) is 0 Å². The van der Waals surface area contributed by atoms with Gasteiger partial charge in [0.05, 0.1) is 12.2 Å². The van der Waals surface area contributed by atoms with Gasteiger partial charge < -0.3 is 15.4 Å². The van der Waals surface area contributed by atoms with E-state index in [0.717, 1.165) is 0 Å². The third-order valence-electron chi connectivity index (χ3n) is 4.07. The fraction of sp³-hybridized carbons (Fsp3) is 0.0870. The maximum Gasteiger partial charge on any atom is 0.338 e. The highest BCUT2D eigenvalue weighted by Crippen LogP contribution is 2.14. The molecule has 0 radical (unpaired) electrons. The Bertz CT molecular complexity index is 1010. The zero-order chi connectivity index (χ0) is 20.6.